The van der Waals surface area contributed by atoms with Gasteiger partial charge in [-0.1, -0.05) is 107 Å². The van der Waals surface area contributed by atoms with Crippen LogP contribution in [0.1, 0.15) is 69.9 Å². The highest BCUT2D eigenvalue weighted by atomic mass is 16.2. The molecule has 0 saturated carbocycles. The van der Waals surface area contributed by atoms with Crippen LogP contribution in [-0.2, 0) is 22.4 Å². The molecule has 180 valence electrons. The predicted molar refractivity (Wildman–Crippen MR) is 137 cm³/mol. The van der Waals surface area contributed by atoms with Crippen molar-refractivity contribution in [2.75, 3.05) is 13.1 Å². The number of rotatable bonds is 16. The van der Waals surface area contributed by atoms with Gasteiger partial charge in [0.2, 0.25) is 11.8 Å². The molecule has 0 aromatic heterocycles. The number of amides is 2. The predicted octanol–water partition coefficient (Wildman–Crippen LogP) is 5.71. The molecule has 4 heteroatoms. The maximum absolute atomic E-state index is 12.2. The SMILES string of the molecule is C[C@@H](Cc1ccccc1)C(=O)NCCCCCCCCCNC(=O)[C@@H](C)Cc1ccccc1. The maximum atomic E-state index is 12.2. The molecule has 0 radical (unpaired) electrons. The molecule has 0 aliphatic rings. The zero-order chi connectivity index (χ0) is 23.7. The number of hydrogen-bond acceptors (Lipinski definition) is 2. The summed E-state index contributed by atoms with van der Waals surface area (Å²) in [5.74, 6) is 0.321. The van der Waals surface area contributed by atoms with Gasteiger partial charge < -0.3 is 10.6 Å². The van der Waals surface area contributed by atoms with Crippen molar-refractivity contribution in [3.63, 3.8) is 0 Å². The smallest absolute Gasteiger partial charge is 0.223 e. The average molecular weight is 451 g/mol. The first kappa shape index (κ1) is 26.6. The fourth-order valence-electron chi connectivity index (χ4n) is 4.03. The maximum Gasteiger partial charge on any atom is 0.223 e. The van der Waals surface area contributed by atoms with E-state index in [1.165, 1.54) is 30.4 Å². The van der Waals surface area contributed by atoms with E-state index < -0.39 is 0 Å². The van der Waals surface area contributed by atoms with Crippen LogP contribution < -0.4 is 10.6 Å². The Kier molecular flexibility index (Phi) is 13.0. The largest absolute Gasteiger partial charge is 0.356 e. The molecule has 0 spiro atoms. The summed E-state index contributed by atoms with van der Waals surface area (Å²) in [5.41, 5.74) is 2.42. The van der Waals surface area contributed by atoms with Crippen LogP contribution in [0, 0.1) is 11.8 Å². The molecule has 2 rings (SSSR count). The molecule has 2 N–H and O–H groups in total. The highest BCUT2D eigenvalue weighted by Crippen LogP contribution is 2.10. The quantitative estimate of drug-likeness (QED) is 0.322. The second kappa shape index (κ2) is 16.1. The van der Waals surface area contributed by atoms with Crippen molar-refractivity contribution >= 4 is 11.8 Å². The third-order valence-corrected chi connectivity index (χ3v) is 6.12. The summed E-state index contributed by atoms with van der Waals surface area (Å²) in [6.07, 6.45) is 9.60. The van der Waals surface area contributed by atoms with Crippen LogP contribution in [0.5, 0.6) is 0 Å². The van der Waals surface area contributed by atoms with Crippen molar-refractivity contribution in [1.82, 2.24) is 10.6 Å². The van der Waals surface area contributed by atoms with Crippen LogP contribution in [0.15, 0.2) is 60.7 Å². The zero-order valence-electron chi connectivity index (χ0n) is 20.5. The van der Waals surface area contributed by atoms with Gasteiger partial charge in [-0.2, -0.15) is 0 Å². The molecular formula is C29H42N2O2. The van der Waals surface area contributed by atoms with Gasteiger partial charge in [-0.25, -0.2) is 0 Å². The molecule has 0 fully saturated rings. The number of carbonyl (C=O) groups excluding carboxylic acids is 2. The van der Waals surface area contributed by atoms with Crippen LogP contribution in [0.4, 0.5) is 0 Å². The minimum Gasteiger partial charge on any atom is -0.356 e. The van der Waals surface area contributed by atoms with Gasteiger partial charge in [0.15, 0.2) is 0 Å². The number of nitrogens with one attached hydrogen (secondary N) is 2. The summed E-state index contributed by atoms with van der Waals surface area (Å²) < 4.78 is 0. The zero-order valence-corrected chi connectivity index (χ0v) is 20.5. The number of benzene rings is 2. The van der Waals surface area contributed by atoms with Gasteiger partial charge in [0.05, 0.1) is 0 Å². The summed E-state index contributed by atoms with van der Waals surface area (Å²) in [7, 11) is 0. The fourth-order valence-corrected chi connectivity index (χ4v) is 4.03. The molecule has 4 nitrogen and oxygen atoms in total. The van der Waals surface area contributed by atoms with Crippen molar-refractivity contribution in [1.29, 1.82) is 0 Å². The van der Waals surface area contributed by atoms with Crippen molar-refractivity contribution in [2.45, 2.75) is 71.6 Å². The van der Waals surface area contributed by atoms with E-state index in [1.807, 2.05) is 50.2 Å². The first-order valence-electron chi connectivity index (χ1n) is 12.7. The van der Waals surface area contributed by atoms with Crippen LogP contribution in [0.25, 0.3) is 0 Å². The standard InChI is InChI=1S/C29H42N2O2/c1-24(22-26-16-10-8-11-17-26)28(32)30-20-14-6-4-3-5-7-15-21-31-29(33)25(2)23-27-18-12-9-13-19-27/h8-13,16-19,24-25H,3-7,14-15,20-23H2,1-2H3,(H,30,32)(H,31,33)/t24-,25-/m0/s1. The Bertz CT molecular complexity index is 724. The number of hydrogen-bond donors (Lipinski definition) is 2. The van der Waals surface area contributed by atoms with Gasteiger partial charge >= 0.3 is 0 Å². The summed E-state index contributed by atoms with van der Waals surface area (Å²) >= 11 is 0. The Labute approximate surface area is 200 Å². The molecule has 0 bridgehead atoms. The average Bonchev–Trinajstić information content (AvgIpc) is 2.83. The number of carbonyl (C=O) groups is 2. The van der Waals surface area contributed by atoms with Gasteiger partial charge in [-0.3, -0.25) is 9.59 Å². The topological polar surface area (TPSA) is 58.2 Å². The third-order valence-electron chi connectivity index (χ3n) is 6.12. The Morgan fingerprint density at radius 2 is 0.909 bits per heavy atom. The lowest BCUT2D eigenvalue weighted by Crippen LogP contribution is -2.31. The molecule has 2 amide bonds. The van der Waals surface area contributed by atoms with Gasteiger partial charge in [-0.05, 0) is 36.8 Å². The van der Waals surface area contributed by atoms with Crippen molar-refractivity contribution in [2.24, 2.45) is 11.8 Å². The van der Waals surface area contributed by atoms with Crippen LogP contribution in [0.3, 0.4) is 0 Å². The molecule has 2 atom stereocenters. The Morgan fingerprint density at radius 1 is 0.576 bits per heavy atom. The normalized spacial score (nSPS) is 12.7. The van der Waals surface area contributed by atoms with Crippen LogP contribution >= 0.6 is 0 Å². The van der Waals surface area contributed by atoms with Crippen molar-refractivity contribution in [3.8, 4) is 0 Å². The minimum absolute atomic E-state index is 0.00853. The first-order chi connectivity index (χ1) is 16.1. The highest BCUT2D eigenvalue weighted by molar-refractivity contribution is 5.78. The van der Waals surface area contributed by atoms with E-state index in [1.54, 1.807) is 0 Å². The molecule has 2 aromatic carbocycles. The van der Waals surface area contributed by atoms with Gasteiger partial charge in [0, 0.05) is 24.9 Å². The molecule has 33 heavy (non-hydrogen) atoms. The monoisotopic (exact) mass is 450 g/mol. The number of unbranched alkanes of at least 4 members (excludes halogenated alkanes) is 6. The van der Waals surface area contributed by atoms with Crippen LogP contribution in [-0.4, -0.2) is 24.9 Å². The van der Waals surface area contributed by atoms with E-state index in [2.05, 4.69) is 34.9 Å². The molecule has 0 saturated heterocycles. The fraction of sp³-hybridized carbons (Fsp3) is 0.517. The van der Waals surface area contributed by atoms with Gasteiger partial charge in [-0.15, -0.1) is 0 Å². The lowest BCUT2D eigenvalue weighted by atomic mass is 10.0. The minimum atomic E-state index is 0.00853. The van der Waals surface area contributed by atoms with E-state index in [-0.39, 0.29) is 23.7 Å². The highest BCUT2D eigenvalue weighted by Gasteiger charge is 2.13. The van der Waals surface area contributed by atoms with Crippen molar-refractivity contribution < 1.29 is 9.59 Å². The summed E-state index contributed by atoms with van der Waals surface area (Å²) in [6.45, 7) is 5.53. The van der Waals surface area contributed by atoms with Gasteiger partial charge in [0.1, 0.15) is 0 Å². The second-order valence-electron chi connectivity index (χ2n) is 9.24. The van der Waals surface area contributed by atoms with E-state index in [0.29, 0.717) is 0 Å². The van der Waals surface area contributed by atoms with E-state index in [9.17, 15) is 9.59 Å². The molecule has 0 aliphatic heterocycles. The summed E-state index contributed by atoms with van der Waals surface area (Å²) in [6, 6.07) is 20.4. The first-order valence-corrected chi connectivity index (χ1v) is 12.7. The van der Waals surface area contributed by atoms with E-state index >= 15 is 0 Å². The summed E-state index contributed by atoms with van der Waals surface area (Å²) in [4.78, 5) is 24.4. The molecular weight excluding hydrogens is 408 g/mol. The van der Waals surface area contributed by atoms with E-state index in [4.69, 9.17) is 0 Å². The lowest BCUT2D eigenvalue weighted by Gasteiger charge is -2.12. The third kappa shape index (κ3) is 11.7. The molecule has 0 aliphatic carbocycles. The summed E-state index contributed by atoms with van der Waals surface area (Å²) in [5, 5.41) is 6.15. The molecule has 0 unspecified atom stereocenters. The Balaban J connectivity index is 1.39. The van der Waals surface area contributed by atoms with Crippen LogP contribution in [0.2, 0.25) is 0 Å². The Morgan fingerprint density at radius 3 is 1.27 bits per heavy atom. The molecule has 2 aromatic rings. The molecule has 0 heterocycles. The van der Waals surface area contributed by atoms with Crippen molar-refractivity contribution in [3.05, 3.63) is 71.8 Å². The second-order valence-corrected chi connectivity index (χ2v) is 9.24. The van der Waals surface area contributed by atoms with E-state index in [0.717, 1.165) is 51.6 Å². The Hall–Kier alpha value is -2.62. The lowest BCUT2D eigenvalue weighted by molar-refractivity contribution is -0.125. The van der Waals surface area contributed by atoms with Gasteiger partial charge in [0.25, 0.3) is 0 Å².